The van der Waals surface area contributed by atoms with Crippen LogP contribution in [-0.4, -0.2) is 50.7 Å². The molecule has 1 atom stereocenters. The number of methoxy groups -OCH3 is 2. The maximum Gasteiger partial charge on any atom is 0.193 e. The minimum atomic E-state index is 0. The molecule has 156 valence electrons. The van der Waals surface area contributed by atoms with Crippen molar-refractivity contribution in [3.63, 3.8) is 0 Å². The second kappa shape index (κ2) is 12.2. The highest BCUT2D eigenvalue weighted by Crippen LogP contribution is 2.21. The molecule has 2 rings (SSSR count). The molecule has 0 saturated carbocycles. The highest BCUT2D eigenvalue weighted by Gasteiger charge is 2.13. The third-order valence-electron chi connectivity index (χ3n) is 4.36. The zero-order chi connectivity index (χ0) is 19.8. The second-order valence-electron chi connectivity index (χ2n) is 6.45. The second-order valence-corrected chi connectivity index (χ2v) is 7.34. The molecule has 0 aliphatic rings. The molecule has 0 bridgehead atoms. The summed E-state index contributed by atoms with van der Waals surface area (Å²) >= 11 is 1.63. The molecular formula is C20H31IN4O2S. The lowest BCUT2D eigenvalue weighted by Crippen LogP contribution is -2.39. The first-order chi connectivity index (χ1) is 13.0. The average Bonchev–Trinajstić information content (AvgIpc) is 3.13. The van der Waals surface area contributed by atoms with Crippen LogP contribution in [0.2, 0.25) is 0 Å². The first-order valence-electron chi connectivity index (χ1n) is 9.00. The van der Waals surface area contributed by atoms with Gasteiger partial charge in [-0.1, -0.05) is 17.7 Å². The van der Waals surface area contributed by atoms with Gasteiger partial charge in [0, 0.05) is 33.1 Å². The number of rotatable bonds is 8. The molecule has 0 radical (unpaired) electrons. The molecule has 0 amide bonds. The first kappa shape index (κ1) is 24.6. The van der Waals surface area contributed by atoms with Crippen LogP contribution < -0.4 is 10.1 Å². The van der Waals surface area contributed by atoms with E-state index in [9.17, 15) is 0 Å². The SMILES string of the molecule is CN=C(NCCc1cc(C)ccc1OC)N(C)Cc1csc(C(C)OC)n1.I. The molecule has 8 heteroatoms. The van der Waals surface area contributed by atoms with Gasteiger partial charge >= 0.3 is 0 Å². The topological polar surface area (TPSA) is 59.0 Å². The van der Waals surface area contributed by atoms with E-state index in [-0.39, 0.29) is 30.1 Å². The molecule has 0 aliphatic heterocycles. The Morgan fingerprint density at radius 1 is 1.36 bits per heavy atom. The number of aromatic nitrogens is 1. The van der Waals surface area contributed by atoms with Gasteiger partial charge in [-0.2, -0.15) is 0 Å². The van der Waals surface area contributed by atoms with E-state index in [1.165, 1.54) is 11.1 Å². The molecule has 1 aromatic carbocycles. The van der Waals surface area contributed by atoms with Crippen molar-refractivity contribution in [2.75, 3.05) is 34.9 Å². The fraction of sp³-hybridized carbons (Fsp3) is 0.500. The van der Waals surface area contributed by atoms with Crippen LogP contribution in [0, 0.1) is 6.92 Å². The zero-order valence-corrected chi connectivity index (χ0v) is 20.6. The Kier molecular flexibility index (Phi) is 10.8. The van der Waals surface area contributed by atoms with E-state index in [1.54, 1.807) is 32.6 Å². The summed E-state index contributed by atoms with van der Waals surface area (Å²) in [6.45, 7) is 5.57. The minimum Gasteiger partial charge on any atom is -0.496 e. The number of halogens is 1. The van der Waals surface area contributed by atoms with Gasteiger partial charge in [0.1, 0.15) is 16.9 Å². The molecule has 1 unspecified atom stereocenters. The van der Waals surface area contributed by atoms with Crippen molar-refractivity contribution in [2.45, 2.75) is 32.9 Å². The summed E-state index contributed by atoms with van der Waals surface area (Å²) in [5.41, 5.74) is 3.45. The van der Waals surface area contributed by atoms with Crippen LogP contribution in [0.15, 0.2) is 28.6 Å². The van der Waals surface area contributed by atoms with Crippen LogP contribution in [0.5, 0.6) is 5.75 Å². The quantitative estimate of drug-likeness (QED) is 0.325. The first-order valence-corrected chi connectivity index (χ1v) is 9.88. The number of benzene rings is 1. The monoisotopic (exact) mass is 518 g/mol. The van der Waals surface area contributed by atoms with E-state index < -0.39 is 0 Å². The Bertz CT molecular complexity index is 766. The smallest absolute Gasteiger partial charge is 0.193 e. The lowest BCUT2D eigenvalue weighted by Gasteiger charge is -2.21. The molecular weight excluding hydrogens is 487 g/mol. The standard InChI is InChI=1S/C20H30N4O2S.HI/c1-14-7-8-18(26-6)16(11-14)9-10-22-20(21-3)24(4)12-17-13-27-19(23-17)15(2)25-5;/h7-8,11,13,15H,9-10,12H2,1-6H3,(H,21,22);1H. The summed E-state index contributed by atoms with van der Waals surface area (Å²) in [5.74, 6) is 1.77. The Morgan fingerprint density at radius 3 is 2.75 bits per heavy atom. The van der Waals surface area contributed by atoms with Crippen molar-refractivity contribution in [2.24, 2.45) is 4.99 Å². The van der Waals surface area contributed by atoms with Crippen molar-refractivity contribution >= 4 is 41.3 Å². The summed E-state index contributed by atoms with van der Waals surface area (Å²) in [7, 11) is 7.22. The maximum atomic E-state index is 5.46. The van der Waals surface area contributed by atoms with Gasteiger partial charge in [-0.3, -0.25) is 4.99 Å². The number of aliphatic imine (C=N–C) groups is 1. The molecule has 0 aliphatic carbocycles. The van der Waals surface area contributed by atoms with Crippen LogP contribution in [0.25, 0.3) is 0 Å². The molecule has 0 fully saturated rings. The van der Waals surface area contributed by atoms with Crippen molar-refractivity contribution in [3.05, 3.63) is 45.4 Å². The van der Waals surface area contributed by atoms with Crippen LogP contribution in [0.3, 0.4) is 0 Å². The van der Waals surface area contributed by atoms with Crippen LogP contribution >= 0.6 is 35.3 Å². The van der Waals surface area contributed by atoms with Crippen molar-refractivity contribution in [1.29, 1.82) is 0 Å². The molecule has 28 heavy (non-hydrogen) atoms. The van der Waals surface area contributed by atoms with E-state index >= 15 is 0 Å². The number of thiazole rings is 1. The maximum absolute atomic E-state index is 5.46. The molecule has 0 saturated heterocycles. The number of guanidine groups is 1. The minimum absolute atomic E-state index is 0. The van der Waals surface area contributed by atoms with Gasteiger partial charge < -0.3 is 19.7 Å². The fourth-order valence-electron chi connectivity index (χ4n) is 2.80. The van der Waals surface area contributed by atoms with Gasteiger partial charge in [0.2, 0.25) is 0 Å². The lowest BCUT2D eigenvalue weighted by atomic mass is 10.1. The highest BCUT2D eigenvalue weighted by molar-refractivity contribution is 14.0. The van der Waals surface area contributed by atoms with E-state index in [2.05, 4.69) is 44.6 Å². The predicted octanol–water partition coefficient (Wildman–Crippen LogP) is 4.04. The number of ether oxygens (including phenoxy) is 2. The number of aryl methyl sites for hydroxylation is 1. The molecule has 1 N–H and O–H groups in total. The Labute approximate surface area is 189 Å². The Balaban J connectivity index is 0.00000392. The molecule has 1 heterocycles. The largest absolute Gasteiger partial charge is 0.496 e. The van der Waals surface area contributed by atoms with Gasteiger partial charge in [0.05, 0.1) is 19.3 Å². The van der Waals surface area contributed by atoms with Gasteiger partial charge in [-0.05, 0) is 31.9 Å². The van der Waals surface area contributed by atoms with Crippen LogP contribution in [-0.2, 0) is 17.7 Å². The highest BCUT2D eigenvalue weighted by atomic mass is 127. The molecule has 2 aromatic rings. The number of nitrogens with zero attached hydrogens (tertiary/aromatic N) is 3. The molecule has 1 aromatic heterocycles. The Hall–Kier alpha value is -1.39. The number of hydrogen-bond donors (Lipinski definition) is 1. The van der Waals surface area contributed by atoms with Gasteiger partial charge in [0.15, 0.2) is 5.96 Å². The van der Waals surface area contributed by atoms with E-state index in [0.717, 1.165) is 35.4 Å². The fourth-order valence-corrected chi connectivity index (χ4v) is 3.64. The average molecular weight is 518 g/mol. The van der Waals surface area contributed by atoms with Crippen LogP contribution in [0.1, 0.15) is 34.9 Å². The summed E-state index contributed by atoms with van der Waals surface area (Å²) in [6.07, 6.45) is 0.889. The Morgan fingerprint density at radius 2 is 2.11 bits per heavy atom. The summed E-state index contributed by atoms with van der Waals surface area (Å²) in [4.78, 5) is 11.1. The number of hydrogen-bond acceptors (Lipinski definition) is 5. The summed E-state index contributed by atoms with van der Waals surface area (Å²) in [5, 5.41) is 6.49. The van der Waals surface area contributed by atoms with Gasteiger partial charge in [-0.15, -0.1) is 35.3 Å². The summed E-state index contributed by atoms with van der Waals surface area (Å²) in [6, 6.07) is 6.25. The third-order valence-corrected chi connectivity index (χ3v) is 5.41. The number of nitrogens with one attached hydrogen (secondary N) is 1. The van der Waals surface area contributed by atoms with Crippen LogP contribution in [0.4, 0.5) is 0 Å². The predicted molar refractivity (Wildman–Crippen MR) is 127 cm³/mol. The van der Waals surface area contributed by atoms with Crippen molar-refractivity contribution < 1.29 is 9.47 Å². The van der Waals surface area contributed by atoms with Gasteiger partial charge in [-0.25, -0.2) is 4.98 Å². The van der Waals surface area contributed by atoms with Crippen molar-refractivity contribution in [1.82, 2.24) is 15.2 Å². The molecule has 6 nitrogen and oxygen atoms in total. The third kappa shape index (κ3) is 6.89. The van der Waals surface area contributed by atoms with Crippen molar-refractivity contribution in [3.8, 4) is 5.75 Å². The zero-order valence-electron chi connectivity index (χ0n) is 17.5. The normalized spacial score (nSPS) is 12.3. The molecule has 0 spiro atoms. The van der Waals surface area contributed by atoms with E-state index in [0.29, 0.717) is 6.54 Å². The van der Waals surface area contributed by atoms with E-state index in [1.807, 2.05) is 20.0 Å². The lowest BCUT2D eigenvalue weighted by molar-refractivity contribution is 0.119. The van der Waals surface area contributed by atoms with Gasteiger partial charge in [0.25, 0.3) is 0 Å². The summed E-state index contributed by atoms with van der Waals surface area (Å²) < 4.78 is 10.8. The van der Waals surface area contributed by atoms with E-state index in [4.69, 9.17) is 9.47 Å².